The molecule has 8 heteroatoms. The van der Waals surface area contributed by atoms with Gasteiger partial charge in [-0.25, -0.2) is 14.8 Å². The van der Waals surface area contributed by atoms with Crippen LogP contribution in [0.25, 0.3) is 22.1 Å². The van der Waals surface area contributed by atoms with Crippen LogP contribution >= 0.6 is 11.8 Å². The van der Waals surface area contributed by atoms with E-state index in [4.69, 9.17) is 0 Å². The average Bonchev–Trinajstić information content (AvgIpc) is 2.95. The van der Waals surface area contributed by atoms with Gasteiger partial charge in [0.15, 0.2) is 16.3 Å². The molecular weight excluding hydrogens is 338 g/mol. The number of hydrogen-bond acceptors (Lipinski definition) is 5. The molecule has 0 aliphatic carbocycles. The first-order valence-corrected chi connectivity index (χ1v) is 8.45. The van der Waals surface area contributed by atoms with Crippen LogP contribution in [0.1, 0.15) is 0 Å². The predicted octanol–water partition coefficient (Wildman–Crippen LogP) is 1.67. The molecule has 3 heterocycles. The molecule has 25 heavy (non-hydrogen) atoms. The summed E-state index contributed by atoms with van der Waals surface area (Å²) in [6.07, 6.45) is 0. The molecule has 0 atom stereocenters. The zero-order valence-corrected chi connectivity index (χ0v) is 14.7. The quantitative estimate of drug-likeness (QED) is 0.548. The maximum absolute atomic E-state index is 12.4. The zero-order chi connectivity index (χ0) is 17.7. The van der Waals surface area contributed by atoms with Crippen LogP contribution in [-0.4, -0.2) is 23.7 Å². The predicted molar refractivity (Wildman–Crippen MR) is 97.1 cm³/mol. The van der Waals surface area contributed by atoms with Crippen molar-refractivity contribution in [2.75, 3.05) is 0 Å². The number of benzene rings is 1. The van der Waals surface area contributed by atoms with Gasteiger partial charge in [-0.3, -0.25) is 13.9 Å². The van der Waals surface area contributed by atoms with Crippen LogP contribution in [0.3, 0.4) is 0 Å². The summed E-state index contributed by atoms with van der Waals surface area (Å²) < 4.78 is 4.18. The minimum Gasteiger partial charge on any atom is -0.316 e. The third-order valence-corrected chi connectivity index (χ3v) is 5.19. The Morgan fingerprint density at radius 2 is 1.64 bits per heavy atom. The summed E-state index contributed by atoms with van der Waals surface area (Å²) in [5.41, 5.74) is 0.920. The summed E-state index contributed by atoms with van der Waals surface area (Å²) >= 11 is 1.36. The normalized spacial score (nSPS) is 11.5. The monoisotopic (exact) mass is 353 g/mol. The van der Waals surface area contributed by atoms with Gasteiger partial charge in [0.25, 0.3) is 5.56 Å². The topological polar surface area (TPSA) is 74.7 Å². The molecule has 0 saturated heterocycles. The van der Waals surface area contributed by atoms with E-state index in [2.05, 4.69) is 9.97 Å². The van der Waals surface area contributed by atoms with Crippen LogP contribution in [0, 0.1) is 0 Å². The molecule has 0 fully saturated rings. The van der Waals surface area contributed by atoms with Gasteiger partial charge in [0, 0.05) is 26.5 Å². The fourth-order valence-corrected chi connectivity index (χ4v) is 3.61. The molecule has 0 radical (unpaired) electrons. The number of nitrogens with zero attached hydrogens (tertiary/aromatic N) is 5. The van der Waals surface area contributed by atoms with Crippen LogP contribution in [0.15, 0.2) is 56.2 Å². The average molecular weight is 353 g/mol. The molecule has 4 rings (SSSR count). The van der Waals surface area contributed by atoms with Crippen molar-refractivity contribution >= 4 is 33.8 Å². The van der Waals surface area contributed by atoms with Gasteiger partial charge < -0.3 is 4.57 Å². The number of fused-ring (bicyclic) bond motifs is 2. The lowest BCUT2D eigenvalue weighted by molar-refractivity contribution is 0.705. The van der Waals surface area contributed by atoms with Crippen LogP contribution in [-0.2, 0) is 21.1 Å². The first-order chi connectivity index (χ1) is 12.0. The number of pyridine rings is 1. The molecule has 0 amide bonds. The lowest BCUT2D eigenvalue weighted by Crippen LogP contribution is -2.37. The molecule has 0 bridgehead atoms. The second kappa shape index (κ2) is 5.59. The van der Waals surface area contributed by atoms with Crippen molar-refractivity contribution in [3.8, 4) is 0 Å². The molecule has 4 aromatic rings. The summed E-state index contributed by atoms with van der Waals surface area (Å²) in [4.78, 5) is 33.6. The lowest BCUT2D eigenvalue weighted by atomic mass is 10.2. The molecule has 3 aromatic heterocycles. The molecule has 126 valence electrons. The van der Waals surface area contributed by atoms with Crippen LogP contribution in [0.2, 0.25) is 0 Å². The highest BCUT2D eigenvalue weighted by atomic mass is 32.2. The Morgan fingerprint density at radius 3 is 2.44 bits per heavy atom. The Labute approximate surface area is 146 Å². The maximum atomic E-state index is 12.4. The molecule has 1 aromatic carbocycles. The van der Waals surface area contributed by atoms with Crippen LogP contribution < -0.4 is 11.2 Å². The summed E-state index contributed by atoms with van der Waals surface area (Å²) in [5, 5.41) is 2.45. The van der Waals surface area contributed by atoms with Gasteiger partial charge in [0.2, 0.25) is 0 Å². The van der Waals surface area contributed by atoms with Crippen molar-refractivity contribution in [2.45, 2.75) is 10.2 Å². The zero-order valence-electron chi connectivity index (χ0n) is 13.9. The van der Waals surface area contributed by atoms with Gasteiger partial charge in [-0.15, -0.1) is 0 Å². The molecule has 0 aliphatic heterocycles. The molecule has 7 nitrogen and oxygen atoms in total. The largest absolute Gasteiger partial charge is 0.332 e. The van der Waals surface area contributed by atoms with Gasteiger partial charge in [-0.1, -0.05) is 24.3 Å². The van der Waals surface area contributed by atoms with E-state index in [0.29, 0.717) is 16.3 Å². The van der Waals surface area contributed by atoms with E-state index in [0.717, 1.165) is 20.5 Å². The second-order valence-electron chi connectivity index (χ2n) is 5.78. The van der Waals surface area contributed by atoms with Crippen LogP contribution in [0.4, 0.5) is 0 Å². The number of para-hydroxylation sites is 1. The van der Waals surface area contributed by atoms with Crippen molar-refractivity contribution in [3.05, 3.63) is 57.2 Å². The standard InChI is InChI=1S/C17H15N5O2S/c1-20-13-14(21(2)17(24)22(3)15(13)23)19-16(20)25-12-9-8-10-6-4-5-7-11(10)18-12/h4-9H,1-3H3. The first-order valence-electron chi connectivity index (χ1n) is 7.63. The molecular formula is C17H15N5O2S. The Hall–Kier alpha value is -2.87. The van der Waals surface area contributed by atoms with Crippen molar-refractivity contribution in [2.24, 2.45) is 21.1 Å². The van der Waals surface area contributed by atoms with Crippen molar-refractivity contribution < 1.29 is 0 Å². The van der Waals surface area contributed by atoms with Gasteiger partial charge >= 0.3 is 5.69 Å². The van der Waals surface area contributed by atoms with Gasteiger partial charge in [0.05, 0.1) is 5.52 Å². The summed E-state index contributed by atoms with van der Waals surface area (Å²) in [6.45, 7) is 0. The third-order valence-electron chi connectivity index (χ3n) is 4.20. The van der Waals surface area contributed by atoms with E-state index >= 15 is 0 Å². The molecule has 0 saturated carbocycles. The lowest BCUT2D eigenvalue weighted by Gasteiger charge is -2.04. The SMILES string of the molecule is Cn1c(=O)c2c(nc(Sc3ccc4ccccc4n3)n2C)n(C)c1=O. The highest BCUT2D eigenvalue weighted by Crippen LogP contribution is 2.28. The Balaban J connectivity index is 1.88. The van der Waals surface area contributed by atoms with E-state index in [1.807, 2.05) is 36.4 Å². The Morgan fingerprint density at radius 1 is 0.880 bits per heavy atom. The van der Waals surface area contributed by atoms with Crippen LogP contribution in [0.5, 0.6) is 0 Å². The van der Waals surface area contributed by atoms with Gasteiger partial charge in [-0.2, -0.15) is 0 Å². The van der Waals surface area contributed by atoms with Crippen molar-refractivity contribution in [1.82, 2.24) is 23.7 Å². The number of imidazole rings is 1. The summed E-state index contributed by atoms with van der Waals surface area (Å²) in [7, 11) is 4.85. The number of aryl methyl sites for hydroxylation is 2. The first kappa shape index (κ1) is 15.6. The van der Waals surface area contributed by atoms with Crippen molar-refractivity contribution in [3.63, 3.8) is 0 Å². The highest BCUT2D eigenvalue weighted by Gasteiger charge is 2.18. The van der Waals surface area contributed by atoms with Crippen molar-refractivity contribution in [1.29, 1.82) is 0 Å². The van der Waals surface area contributed by atoms with Gasteiger partial charge in [-0.05, 0) is 23.9 Å². The minimum absolute atomic E-state index is 0.355. The molecule has 0 aliphatic rings. The second-order valence-corrected chi connectivity index (χ2v) is 6.76. The number of hydrogen-bond donors (Lipinski definition) is 0. The fourth-order valence-electron chi connectivity index (χ4n) is 2.79. The summed E-state index contributed by atoms with van der Waals surface area (Å²) in [6, 6.07) is 11.8. The maximum Gasteiger partial charge on any atom is 0.332 e. The van der Waals surface area contributed by atoms with E-state index in [1.54, 1.807) is 18.7 Å². The Bertz CT molecular complexity index is 1250. The van der Waals surface area contributed by atoms with E-state index in [9.17, 15) is 9.59 Å². The third kappa shape index (κ3) is 2.37. The minimum atomic E-state index is -0.393. The van der Waals surface area contributed by atoms with Gasteiger partial charge in [0.1, 0.15) is 5.03 Å². The molecule has 0 N–H and O–H groups in total. The summed E-state index contributed by atoms with van der Waals surface area (Å²) in [5.74, 6) is 0. The fraction of sp³-hybridized carbons (Fsp3) is 0.176. The Kier molecular flexibility index (Phi) is 3.50. The molecule has 0 spiro atoms. The number of aromatic nitrogens is 5. The van der Waals surface area contributed by atoms with E-state index in [-0.39, 0.29) is 5.56 Å². The molecule has 0 unspecified atom stereocenters. The van der Waals surface area contributed by atoms with E-state index < -0.39 is 5.69 Å². The number of rotatable bonds is 2. The highest BCUT2D eigenvalue weighted by molar-refractivity contribution is 7.99. The van der Waals surface area contributed by atoms with E-state index in [1.165, 1.54) is 23.4 Å². The smallest absolute Gasteiger partial charge is 0.316 e.